The molecule has 3 heterocycles. The van der Waals surface area contributed by atoms with E-state index in [9.17, 15) is 0 Å². The van der Waals surface area contributed by atoms with Gasteiger partial charge < -0.3 is 10.3 Å². The molecule has 0 aliphatic carbocycles. The standard InChI is InChI=1S/C12H12N6/c1-3-10(14-5-1)7-16-11-4-2-6-15-12(11)18-9-13-8-17-18/h1-6,8-9,14,16H,7H2. The molecule has 0 aliphatic heterocycles. The van der Waals surface area contributed by atoms with Crippen molar-refractivity contribution in [1.82, 2.24) is 24.7 Å². The fourth-order valence-electron chi connectivity index (χ4n) is 1.70. The van der Waals surface area contributed by atoms with Crippen LogP contribution in [-0.2, 0) is 6.54 Å². The number of hydrogen-bond acceptors (Lipinski definition) is 4. The van der Waals surface area contributed by atoms with Crippen LogP contribution in [0.4, 0.5) is 5.69 Å². The lowest BCUT2D eigenvalue weighted by atomic mass is 10.3. The Kier molecular flexibility index (Phi) is 2.75. The molecule has 2 N–H and O–H groups in total. The van der Waals surface area contributed by atoms with Gasteiger partial charge in [0.1, 0.15) is 12.7 Å². The zero-order valence-electron chi connectivity index (χ0n) is 9.61. The SMILES string of the molecule is c1c[nH]c(CNc2cccnc2-n2cncn2)c1. The molecule has 90 valence electrons. The van der Waals surface area contributed by atoms with Crippen LogP contribution < -0.4 is 5.32 Å². The summed E-state index contributed by atoms with van der Waals surface area (Å²) in [6, 6.07) is 7.85. The van der Waals surface area contributed by atoms with Gasteiger partial charge in [-0.2, -0.15) is 5.10 Å². The number of nitrogens with one attached hydrogen (secondary N) is 2. The van der Waals surface area contributed by atoms with E-state index in [2.05, 4.69) is 25.4 Å². The zero-order chi connectivity index (χ0) is 12.2. The maximum atomic E-state index is 4.31. The lowest BCUT2D eigenvalue weighted by molar-refractivity contribution is 0.844. The molecule has 0 bridgehead atoms. The van der Waals surface area contributed by atoms with Gasteiger partial charge in [-0.05, 0) is 24.3 Å². The molecule has 3 aromatic rings. The van der Waals surface area contributed by atoms with E-state index in [1.807, 2.05) is 30.5 Å². The predicted octanol–water partition coefficient (Wildman–Crippen LogP) is 1.60. The molecule has 0 saturated carbocycles. The molecule has 0 spiro atoms. The molecule has 0 atom stereocenters. The number of H-pyrrole nitrogens is 1. The minimum absolute atomic E-state index is 0.709. The summed E-state index contributed by atoms with van der Waals surface area (Å²) in [4.78, 5) is 11.4. The molecule has 0 unspecified atom stereocenters. The maximum absolute atomic E-state index is 4.31. The van der Waals surface area contributed by atoms with Gasteiger partial charge in [-0.15, -0.1) is 0 Å². The summed E-state index contributed by atoms with van der Waals surface area (Å²) in [5, 5.41) is 7.41. The van der Waals surface area contributed by atoms with Crippen LogP contribution in [0, 0.1) is 0 Å². The first-order valence-corrected chi connectivity index (χ1v) is 5.59. The average Bonchev–Trinajstić information content (AvgIpc) is 3.10. The summed E-state index contributed by atoms with van der Waals surface area (Å²) >= 11 is 0. The summed E-state index contributed by atoms with van der Waals surface area (Å²) in [6.07, 6.45) is 6.75. The minimum atomic E-state index is 0.709. The summed E-state index contributed by atoms with van der Waals surface area (Å²) in [6.45, 7) is 0.709. The third kappa shape index (κ3) is 2.08. The van der Waals surface area contributed by atoms with Gasteiger partial charge >= 0.3 is 0 Å². The van der Waals surface area contributed by atoms with Gasteiger partial charge in [0.15, 0.2) is 5.82 Å². The highest BCUT2D eigenvalue weighted by Gasteiger charge is 2.05. The molecule has 0 radical (unpaired) electrons. The smallest absolute Gasteiger partial charge is 0.178 e. The first-order valence-electron chi connectivity index (χ1n) is 5.59. The van der Waals surface area contributed by atoms with Crippen LogP contribution in [-0.4, -0.2) is 24.7 Å². The van der Waals surface area contributed by atoms with Crippen LogP contribution in [0.15, 0.2) is 49.3 Å². The molecule has 6 nitrogen and oxygen atoms in total. The van der Waals surface area contributed by atoms with Crippen molar-refractivity contribution < 1.29 is 0 Å². The zero-order valence-corrected chi connectivity index (χ0v) is 9.61. The monoisotopic (exact) mass is 240 g/mol. The third-order valence-electron chi connectivity index (χ3n) is 2.55. The van der Waals surface area contributed by atoms with E-state index >= 15 is 0 Å². The highest BCUT2D eigenvalue weighted by atomic mass is 15.3. The Labute approximate surface area is 104 Å². The van der Waals surface area contributed by atoms with Crippen molar-refractivity contribution in [2.45, 2.75) is 6.54 Å². The van der Waals surface area contributed by atoms with Gasteiger partial charge in [0, 0.05) is 18.1 Å². The molecule has 0 amide bonds. The van der Waals surface area contributed by atoms with Crippen LogP contribution in [0.25, 0.3) is 5.82 Å². The minimum Gasteiger partial charge on any atom is -0.376 e. The Morgan fingerprint density at radius 1 is 1.28 bits per heavy atom. The van der Waals surface area contributed by atoms with E-state index in [0.717, 1.165) is 17.2 Å². The summed E-state index contributed by atoms with van der Waals surface area (Å²) < 4.78 is 1.64. The maximum Gasteiger partial charge on any atom is 0.178 e. The molecule has 0 aliphatic rings. The molecular weight excluding hydrogens is 228 g/mol. The van der Waals surface area contributed by atoms with Gasteiger partial charge in [0.05, 0.1) is 12.2 Å². The predicted molar refractivity (Wildman–Crippen MR) is 67.3 cm³/mol. The molecule has 6 heteroatoms. The van der Waals surface area contributed by atoms with E-state index in [1.54, 1.807) is 17.2 Å². The summed E-state index contributed by atoms with van der Waals surface area (Å²) in [5.74, 6) is 0.738. The van der Waals surface area contributed by atoms with Gasteiger partial charge in [0.25, 0.3) is 0 Å². The second-order valence-electron chi connectivity index (χ2n) is 3.76. The number of anilines is 1. The first kappa shape index (κ1) is 10.5. The van der Waals surface area contributed by atoms with Crippen LogP contribution in [0.5, 0.6) is 0 Å². The molecule has 3 rings (SSSR count). The van der Waals surface area contributed by atoms with E-state index in [0.29, 0.717) is 6.54 Å². The van der Waals surface area contributed by atoms with E-state index < -0.39 is 0 Å². The average molecular weight is 240 g/mol. The fourth-order valence-corrected chi connectivity index (χ4v) is 1.70. The van der Waals surface area contributed by atoms with Crippen molar-refractivity contribution in [3.63, 3.8) is 0 Å². The number of hydrogen-bond donors (Lipinski definition) is 2. The van der Waals surface area contributed by atoms with E-state index in [-0.39, 0.29) is 0 Å². The second kappa shape index (κ2) is 4.70. The molecule has 18 heavy (non-hydrogen) atoms. The largest absolute Gasteiger partial charge is 0.376 e. The van der Waals surface area contributed by atoms with Crippen LogP contribution >= 0.6 is 0 Å². The topological polar surface area (TPSA) is 71.4 Å². The molecule has 3 aromatic heterocycles. The Bertz CT molecular complexity index is 599. The normalized spacial score (nSPS) is 10.4. The lowest BCUT2D eigenvalue weighted by Gasteiger charge is -2.09. The summed E-state index contributed by atoms with van der Waals surface area (Å²) in [5.41, 5.74) is 2.03. The van der Waals surface area contributed by atoms with Crippen molar-refractivity contribution in [1.29, 1.82) is 0 Å². The highest BCUT2D eigenvalue weighted by molar-refractivity contribution is 5.56. The summed E-state index contributed by atoms with van der Waals surface area (Å²) in [7, 11) is 0. The second-order valence-corrected chi connectivity index (χ2v) is 3.76. The Hall–Kier alpha value is -2.63. The van der Waals surface area contributed by atoms with Gasteiger partial charge in [-0.1, -0.05) is 0 Å². The molecule has 0 saturated heterocycles. The Balaban J connectivity index is 1.84. The van der Waals surface area contributed by atoms with Crippen LogP contribution in [0.2, 0.25) is 0 Å². The van der Waals surface area contributed by atoms with Crippen molar-refractivity contribution in [2.24, 2.45) is 0 Å². The van der Waals surface area contributed by atoms with E-state index in [4.69, 9.17) is 0 Å². The quantitative estimate of drug-likeness (QED) is 0.726. The van der Waals surface area contributed by atoms with Crippen LogP contribution in [0.3, 0.4) is 0 Å². The van der Waals surface area contributed by atoms with Crippen molar-refractivity contribution in [3.8, 4) is 5.82 Å². The van der Waals surface area contributed by atoms with Crippen molar-refractivity contribution in [2.75, 3.05) is 5.32 Å². The Morgan fingerprint density at radius 3 is 3.06 bits per heavy atom. The van der Waals surface area contributed by atoms with Gasteiger partial charge in [0.2, 0.25) is 0 Å². The fraction of sp³-hybridized carbons (Fsp3) is 0.0833. The van der Waals surface area contributed by atoms with E-state index in [1.165, 1.54) is 6.33 Å². The number of rotatable bonds is 4. The first-order chi connectivity index (χ1) is 8.93. The third-order valence-corrected chi connectivity index (χ3v) is 2.55. The van der Waals surface area contributed by atoms with Crippen molar-refractivity contribution >= 4 is 5.69 Å². The number of pyridine rings is 1. The Morgan fingerprint density at radius 2 is 2.28 bits per heavy atom. The molecule has 0 fully saturated rings. The molecular formula is C12H12N6. The number of aromatic nitrogens is 5. The number of aromatic amines is 1. The van der Waals surface area contributed by atoms with Gasteiger partial charge in [-0.25, -0.2) is 14.6 Å². The van der Waals surface area contributed by atoms with Crippen molar-refractivity contribution in [3.05, 3.63) is 55.0 Å². The number of nitrogens with zero attached hydrogens (tertiary/aromatic N) is 4. The van der Waals surface area contributed by atoms with Gasteiger partial charge in [-0.3, -0.25) is 0 Å². The lowest BCUT2D eigenvalue weighted by Crippen LogP contribution is -2.06. The highest BCUT2D eigenvalue weighted by Crippen LogP contribution is 2.16. The molecule has 0 aromatic carbocycles. The van der Waals surface area contributed by atoms with Crippen LogP contribution in [0.1, 0.15) is 5.69 Å².